The number of nitrogens with two attached hydrogens (primary N) is 1. The second-order valence-electron chi connectivity index (χ2n) is 4.93. The molecule has 0 saturated carbocycles. The van der Waals surface area contributed by atoms with Crippen LogP contribution in [-0.4, -0.2) is 11.9 Å². The van der Waals surface area contributed by atoms with Crippen LogP contribution in [0.2, 0.25) is 10.0 Å². The summed E-state index contributed by atoms with van der Waals surface area (Å²) in [5.41, 5.74) is 6.66. The summed E-state index contributed by atoms with van der Waals surface area (Å²) in [7, 11) is 0. The Labute approximate surface area is 143 Å². The first kappa shape index (κ1) is 17.1. The molecule has 0 fully saturated rings. The highest BCUT2D eigenvalue weighted by atomic mass is 35.5. The van der Waals surface area contributed by atoms with Gasteiger partial charge in [0.25, 0.3) is 5.91 Å². The molecule has 0 saturated heterocycles. The van der Waals surface area contributed by atoms with Gasteiger partial charge in [-0.3, -0.25) is 4.79 Å². The Morgan fingerprint density at radius 1 is 1.13 bits per heavy atom. The van der Waals surface area contributed by atoms with Crippen molar-refractivity contribution in [2.45, 2.75) is 13.0 Å². The number of hydrogen-bond donors (Lipinski definition) is 3. The van der Waals surface area contributed by atoms with E-state index < -0.39 is 6.03 Å². The average Bonchev–Trinajstić information content (AvgIpc) is 2.46. The van der Waals surface area contributed by atoms with E-state index in [9.17, 15) is 9.59 Å². The number of benzene rings is 2. The quantitative estimate of drug-likeness (QED) is 0.778. The van der Waals surface area contributed by atoms with Crippen molar-refractivity contribution in [3.05, 3.63) is 63.6 Å². The molecule has 4 N–H and O–H groups in total. The molecule has 3 amide bonds. The average molecular weight is 352 g/mol. The minimum Gasteiger partial charge on any atom is -0.351 e. The van der Waals surface area contributed by atoms with Crippen molar-refractivity contribution >= 4 is 40.8 Å². The van der Waals surface area contributed by atoms with Crippen LogP contribution in [0.4, 0.5) is 10.5 Å². The lowest BCUT2D eigenvalue weighted by atomic mass is 10.1. The number of carbonyl (C=O) groups excluding carboxylic acids is 2. The Balaban J connectivity index is 2.13. The zero-order valence-corrected chi connectivity index (χ0v) is 13.8. The molecule has 23 heavy (non-hydrogen) atoms. The molecule has 0 radical (unpaired) electrons. The van der Waals surface area contributed by atoms with Gasteiger partial charge in [-0.05, 0) is 42.8 Å². The van der Waals surface area contributed by atoms with Gasteiger partial charge in [-0.25, -0.2) is 4.79 Å². The highest BCUT2D eigenvalue weighted by Crippen LogP contribution is 2.26. The van der Waals surface area contributed by atoms with Crippen LogP contribution in [0, 0.1) is 0 Å². The van der Waals surface area contributed by atoms with Crippen LogP contribution in [0.15, 0.2) is 42.5 Å². The largest absolute Gasteiger partial charge is 0.351 e. The van der Waals surface area contributed by atoms with E-state index in [1.165, 1.54) is 6.07 Å². The minimum atomic E-state index is -0.691. The number of nitrogens with one attached hydrogen (secondary N) is 2. The van der Waals surface area contributed by atoms with Gasteiger partial charge in [-0.15, -0.1) is 0 Å². The molecule has 0 heterocycles. The van der Waals surface area contributed by atoms with Crippen molar-refractivity contribution in [1.82, 2.24) is 5.32 Å². The SMILES string of the molecule is C[C@@H](NC(=O)c1cccc(NC(N)=O)c1)c1ccc(Cl)cc1Cl. The van der Waals surface area contributed by atoms with Crippen LogP contribution in [0.5, 0.6) is 0 Å². The Morgan fingerprint density at radius 3 is 2.52 bits per heavy atom. The smallest absolute Gasteiger partial charge is 0.316 e. The van der Waals surface area contributed by atoms with E-state index in [2.05, 4.69) is 10.6 Å². The molecule has 0 aliphatic carbocycles. The lowest BCUT2D eigenvalue weighted by Crippen LogP contribution is -2.27. The molecule has 1 atom stereocenters. The van der Waals surface area contributed by atoms with Crippen molar-refractivity contribution < 1.29 is 9.59 Å². The summed E-state index contributed by atoms with van der Waals surface area (Å²) in [6, 6.07) is 10.6. The zero-order chi connectivity index (χ0) is 17.0. The van der Waals surface area contributed by atoms with E-state index in [0.29, 0.717) is 21.3 Å². The maximum absolute atomic E-state index is 12.3. The summed E-state index contributed by atoms with van der Waals surface area (Å²) in [5.74, 6) is -0.295. The molecule has 0 unspecified atom stereocenters. The Bertz CT molecular complexity index is 750. The van der Waals surface area contributed by atoms with E-state index in [1.54, 1.807) is 36.4 Å². The van der Waals surface area contributed by atoms with Gasteiger partial charge >= 0.3 is 6.03 Å². The maximum atomic E-state index is 12.3. The molecule has 0 aliphatic rings. The van der Waals surface area contributed by atoms with Gasteiger partial charge < -0.3 is 16.4 Å². The number of halogens is 2. The summed E-state index contributed by atoms with van der Waals surface area (Å²) in [5, 5.41) is 6.28. The highest BCUT2D eigenvalue weighted by Gasteiger charge is 2.14. The van der Waals surface area contributed by atoms with Gasteiger partial charge in [0.1, 0.15) is 0 Å². The third-order valence-corrected chi connectivity index (χ3v) is 3.73. The molecule has 0 aromatic heterocycles. The number of primary amides is 1. The molecule has 0 spiro atoms. The maximum Gasteiger partial charge on any atom is 0.316 e. The van der Waals surface area contributed by atoms with Crippen LogP contribution in [0.3, 0.4) is 0 Å². The fourth-order valence-corrected chi connectivity index (χ4v) is 2.66. The molecular formula is C16H15Cl2N3O2. The van der Waals surface area contributed by atoms with Crippen molar-refractivity contribution in [2.24, 2.45) is 5.73 Å². The van der Waals surface area contributed by atoms with Crippen LogP contribution < -0.4 is 16.4 Å². The van der Waals surface area contributed by atoms with E-state index in [-0.39, 0.29) is 11.9 Å². The summed E-state index contributed by atoms with van der Waals surface area (Å²) in [6.45, 7) is 1.82. The first-order valence-corrected chi connectivity index (χ1v) is 7.54. The lowest BCUT2D eigenvalue weighted by molar-refractivity contribution is 0.0940. The Morgan fingerprint density at radius 2 is 1.87 bits per heavy atom. The van der Waals surface area contributed by atoms with Crippen molar-refractivity contribution in [1.29, 1.82) is 0 Å². The van der Waals surface area contributed by atoms with Gasteiger partial charge in [0, 0.05) is 21.3 Å². The number of amides is 3. The first-order valence-electron chi connectivity index (χ1n) is 6.79. The summed E-state index contributed by atoms with van der Waals surface area (Å²) >= 11 is 12.0. The van der Waals surface area contributed by atoms with Gasteiger partial charge in [0.2, 0.25) is 0 Å². The van der Waals surface area contributed by atoms with Crippen LogP contribution >= 0.6 is 23.2 Å². The standard InChI is InChI=1S/C16H15Cl2N3O2/c1-9(13-6-5-11(17)8-14(13)18)20-15(22)10-3-2-4-12(7-10)21-16(19)23/h2-9H,1H3,(H,20,22)(H3,19,21,23)/t9-/m1/s1. The number of urea groups is 1. The van der Waals surface area contributed by atoms with Gasteiger partial charge in [0.15, 0.2) is 0 Å². The number of hydrogen-bond acceptors (Lipinski definition) is 2. The molecule has 2 rings (SSSR count). The van der Waals surface area contributed by atoms with Crippen molar-refractivity contribution in [3.8, 4) is 0 Å². The second kappa shape index (κ2) is 7.35. The second-order valence-corrected chi connectivity index (χ2v) is 5.77. The summed E-state index contributed by atoms with van der Waals surface area (Å²) in [6.07, 6.45) is 0. The third kappa shape index (κ3) is 4.61. The minimum absolute atomic E-state index is 0.295. The Kier molecular flexibility index (Phi) is 5.47. The van der Waals surface area contributed by atoms with E-state index in [1.807, 2.05) is 6.92 Å². The van der Waals surface area contributed by atoms with E-state index in [0.717, 1.165) is 5.56 Å². The number of rotatable bonds is 4. The highest BCUT2D eigenvalue weighted by molar-refractivity contribution is 6.35. The molecule has 0 bridgehead atoms. The van der Waals surface area contributed by atoms with Crippen molar-refractivity contribution in [2.75, 3.05) is 5.32 Å². The summed E-state index contributed by atoms with van der Waals surface area (Å²) < 4.78 is 0. The molecule has 0 aliphatic heterocycles. The zero-order valence-electron chi connectivity index (χ0n) is 12.3. The first-order chi connectivity index (χ1) is 10.9. The molecule has 7 heteroatoms. The monoisotopic (exact) mass is 351 g/mol. The van der Waals surface area contributed by atoms with Gasteiger partial charge in [-0.2, -0.15) is 0 Å². The normalized spacial score (nSPS) is 11.6. The molecule has 5 nitrogen and oxygen atoms in total. The van der Waals surface area contributed by atoms with Crippen molar-refractivity contribution in [3.63, 3.8) is 0 Å². The van der Waals surface area contributed by atoms with E-state index in [4.69, 9.17) is 28.9 Å². The lowest BCUT2D eigenvalue weighted by Gasteiger charge is -2.16. The van der Waals surface area contributed by atoms with Crippen LogP contribution in [0.1, 0.15) is 28.9 Å². The predicted octanol–water partition coefficient (Wildman–Crippen LogP) is 3.98. The van der Waals surface area contributed by atoms with Gasteiger partial charge in [-0.1, -0.05) is 35.3 Å². The molecule has 2 aromatic rings. The topological polar surface area (TPSA) is 84.2 Å². The third-order valence-electron chi connectivity index (χ3n) is 3.17. The van der Waals surface area contributed by atoms with Crippen LogP contribution in [-0.2, 0) is 0 Å². The number of carbonyl (C=O) groups is 2. The summed E-state index contributed by atoms with van der Waals surface area (Å²) in [4.78, 5) is 23.2. The van der Waals surface area contributed by atoms with Crippen LogP contribution in [0.25, 0.3) is 0 Å². The fraction of sp³-hybridized carbons (Fsp3) is 0.125. The van der Waals surface area contributed by atoms with E-state index >= 15 is 0 Å². The number of anilines is 1. The predicted molar refractivity (Wildman–Crippen MR) is 92.0 cm³/mol. The Hall–Kier alpha value is -2.24. The molecular weight excluding hydrogens is 337 g/mol. The fourth-order valence-electron chi connectivity index (χ4n) is 2.09. The molecule has 2 aromatic carbocycles. The van der Waals surface area contributed by atoms with Gasteiger partial charge in [0.05, 0.1) is 6.04 Å². The molecule has 120 valence electrons.